The van der Waals surface area contributed by atoms with E-state index in [4.69, 9.17) is 16.3 Å². The number of aliphatic hydroxyl groups excluding tert-OH is 1. The maximum atomic E-state index is 12.9. The average Bonchev–Trinajstić information content (AvgIpc) is 2.27. The van der Waals surface area contributed by atoms with Crippen molar-refractivity contribution in [3.63, 3.8) is 0 Å². The van der Waals surface area contributed by atoms with Gasteiger partial charge in [0, 0.05) is 0 Å². The molecular formula is C11H12ClFO2. The number of hydrogen-bond acceptors (Lipinski definition) is 2. The summed E-state index contributed by atoms with van der Waals surface area (Å²) in [6, 6.07) is 4.42. The topological polar surface area (TPSA) is 29.5 Å². The molecule has 0 spiro atoms. The van der Waals surface area contributed by atoms with Gasteiger partial charge in [0.05, 0.1) is 5.88 Å². The number of halogens is 2. The molecule has 1 N–H and O–H groups in total. The molecule has 2 atom stereocenters. The molecule has 0 saturated heterocycles. The number of fused-ring (bicyclic) bond motifs is 1. The molecule has 2 nitrogen and oxygen atoms in total. The van der Waals surface area contributed by atoms with Gasteiger partial charge in [0.1, 0.15) is 23.8 Å². The summed E-state index contributed by atoms with van der Waals surface area (Å²) in [5, 5.41) is 9.53. The molecule has 0 bridgehead atoms. The number of aliphatic hydroxyl groups is 1. The quantitative estimate of drug-likeness (QED) is 0.789. The van der Waals surface area contributed by atoms with Crippen LogP contribution in [0.15, 0.2) is 18.2 Å². The zero-order valence-electron chi connectivity index (χ0n) is 8.12. The molecule has 15 heavy (non-hydrogen) atoms. The molecule has 0 saturated carbocycles. The number of rotatable bonds is 2. The summed E-state index contributed by atoms with van der Waals surface area (Å²) in [5.41, 5.74) is 0.855. The Bertz CT molecular complexity index is 356. The van der Waals surface area contributed by atoms with Crippen LogP contribution in [-0.2, 0) is 6.42 Å². The molecule has 0 fully saturated rings. The van der Waals surface area contributed by atoms with Gasteiger partial charge in [-0.15, -0.1) is 11.6 Å². The first-order chi connectivity index (χ1) is 7.20. The normalized spacial score (nSPS) is 21.7. The summed E-state index contributed by atoms with van der Waals surface area (Å²) in [4.78, 5) is 0. The SMILES string of the molecule is OC(CCl)[C@@H]1CCc2cc(F)ccc2O1. The van der Waals surface area contributed by atoms with E-state index in [1.807, 2.05) is 0 Å². The third-order valence-electron chi connectivity index (χ3n) is 2.59. The van der Waals surface area contributed by atoms with E-state index >= 15 is 0 Å². The molecule has 1 aliphatic rings. The van der Waals surface area contributed by atoms with Gasteiger partial charge in [-0.3, -0.25) is 0 Å². The first-order valence-corrected chi connectivity index (χ1v) is 5.43. The predicted molar refractivity (Wildman–Crippen MR) is 55.9 cm³/mol. The Balaban J connectivity index is 2.16. The zero-order chi connectivity index (χ0) is 10.8. The minimum absolute atomic E-state index is 0.154. The Morgan fingerprint density at radius 1 is 1.60 bits per heavy atom. The fourth-order valence-electron chi connectivity index (χ4n) is 1.75. The van der Waals surface area contributed by atoms with Gasteiger partial charge in [-0.2, -0.15) is 0 Å². The predicted octanol–water partition coefficient (Wildman–Crippen LogP) is 2.12. The van der Waals surface area contributed by atoms with Crippen molar-refractivity contribution in [3.8, 4) is 5.75 Å². The highest BCUT2D eigenvalue weighted by atomic mass is 35.5. The summed E-state index contributed by atoms with van der Waals surface area (Å²) in [6.07, 6.45) is 0.445. The summed E-state index contributed by atoms with van der Waals surface area (Å²) in [5.74, 6) is 0.548. The first-order valence-electron chi connectivity index (χ1n) is 4.90. The van der Waals surface area contributed by atoms with Gasteiger partial charge in [-0.25, -0.2) is 4.39 Å². The van der Waals surface area contributed by atoms with Crippen LogP contribution < -0.4 is 4.74 Å². The Kier molecular flexibility index (Phi) is 3.12. The van der Waals surface area contributed by atoms with Gasteiger partial charge in [0.25, 0.3) is 0 Å². The molecule has 1 heterocycles. The molecule has 1 aromatic carbocycles. The van der Waals surface area contributed by atoms with Crippen LogP contribution in [0.5, 0.6) is 5.75 Å². The molecule has 0 amide bonds. The van der Waals surface area contributed by atoms with Crippen LogP contribution in [0.1, 0.15) is 12.0 Å². The minimum atomic E-state index is -0.662. The van der Waals surface area contributed by atoms with Crippen molar-refractivity contribution in [2.45, 2.75) is 25.0 Å². The van der Waals surface area contributed by atoms with Gasteiger partial charge < -0.3 is 9.84 Å². The largest absolute Gasteiger partial charge is 0.487 e. The molecule has 0 aliphatic carbocycles. The van der Waals surface area contributed by atoms with E-state index in [2.05, 4.69) is 0 Å². The first kappa shape index (κ1) is 10.7. The number of benzene rings is 1. The van der Waals surface area contributed by atoms with Crippen molar-refractivity contribution in [2.24, 2.45) is 0 Å². The molecule has 82 valence electrons. The van der Waals surface area contributed by atoms with Crippen molar-refractivity contribution in [1.29, 1.82) is 0 Å². The van der Waals surface area contributed by atoms with E-state index in [0.717, 1.165) is 5.56 Å². The van der Waals surface area contributed by atoms with Crippen LogP contribution in [0, 0.1) is 5.82 Å². The molecule has 1 aromatic rings. The van der Waals surface area contributed by atoms with Crippen LogP contribution in [-0.4, -0.2) is 23.2 Å². The van der Waals surface area contributed by atoms with Crippen LogP contribution >= 0.6 is 11.6 Å². The van der Waals surface area contributed by atoms with Gasteiger partial charge in [-0.1, -0.05) is 0 Å². The molecule has 2 rings (SSSR count). The van der Waals surface area contributed by atoms with E-state index in [1.54, 1.807) is 6.07 Å². The Morgan fingerprint density at radius 2 is 2.40 bits per heavy atom. The van der Waals surface area contributed by atoms with Gasteiger partial charge in [-0.05, 0) is 36.6 Å². The van der Waals surface area contributed by atoms with Crippen LogP contribution in [0.4, 0.5) is 4.39 Å². The molecule has 4 heteroatoms. The summed E-state index contributed by atoms with van der Waals surface area (Å²) >= 11 is 5.55. The Hall–Kier alpha value is -0.800. The van der Waals surface area contributed by atoms with Gasteiger partial charge >= 0.3 is 0 Å². The van der Waals surface area contributed by atoms with Crippen molar-refractivity contribution in [3.05, 3.63) is 29.6 Å². The van der Waals surface area contributed by atoms with Crippen LogP contribution in [0.25, 0.3) is 0 Å². The molecular weight excluding hydrogens is 219 g/mol. The lowest BCUT2D eigenvalue weighted by atomic mass is 9.99. The smallest absolute Gasteiger partial charge is 0.126 e. The number of hydrogen-bond donors (Lipinski definition) is 1. The van der Waals surface area contributed by atoms with E-state index in [-0.39, 0.29) is 17.8 Å². The second kappa shape index (κ2) is 4.37. The highest BCUT2D eigenvalue weighted by Crippen LogP contribution is 2.29. The van der Waals surface area contributed by atoms with Crippen molar-refractivity contribution >= 4 is 11.6 Å². The van der Waals surface area contributed by atoms with Crippen molar-refractivity contribution in [2.75, 3.05) is 5.88 Å². The van der Waals surface area contributed by atoms with E-state index in [1.165, 1.54) is 12.1 Å². The van der Waals surface area contributed by atoms with Gasteiger partial charge in [0.2, 0.25) is 0 Å². The summed E-state index contributed by atoms with van der Waals surface area (Å²) in [7, 11) is 0. The molecule has 0 aromatic heterocycles. The second-order valence-corrected chi connectivity index (χ2v) is 3.98. The van der Waals surface area contributed by atoms with E-state index in [0.29, 0.717) is 18.6 Å². The van der Waals surface area contributed by atoms with E-state index < -0.39 is 6.10 Å². The third-order valence-corrected chi connectivity index (χ3v) is 2.90. The molecule has 1 unspecified atom stereocenters. The lowest BCUT2D eigenvalue weighted by molar-refractivity contribution is 0.0377. The van der Waals surface area contributed by atoms with Crippen molar-refractivity contribution < 1.29 is 14.2 Å². The lowest BCUT2D eigenvalue weighted by Gasteiger charge is -2.28. The summed E-state index contributed by atoms with van der Waals surface area (Å²) < 4.78 is 18.4. The average molecular weight is 231 g/mol. The standard InChI is InChI=1S/C11H12ClFO2/c12-6-9(14)11-3-1-7-5-8(13)2-4-10(7)15-11/h2,4-5,9,11,14H,1,3,6H2/t9?,11-/m0/s1. The number of alkyl halides is 1. The maximum absolute atomic E-state index is 12.9. The fraction of sp³-hybridized carbons (Fsp3) is 0.455. The maximum Gasteiger partial charge on any atom is 0.126 e. The van der Waals surface area contributed by atoms with Crippen LogP contribution in [0.2, 0.25) is 0 Å². The highest BCUT2D eigenvalue weighted by molar-refractivity contribution is 6.18. The number of ether oxygens (including phenoxy) is 1. The van der Waals surface area contributed by atoms with E-state index in [9.17, 15) is 9.50 Å². The van der Waals surface area contributed by atoms with Crippen molar-refractivity contribution in [1.82, 2.24) is 0 Å². The Morgan fingerprint density at radius 3 is 3.13 bits per heavy atom. The lowest BCUT2D eigenvalue weighted by Crippen LogP contribution is -2.36. The van der Waals surface area contributed by atoms with Gasteiger partial charge in [0.15, 0.2) is 0 Å². The minimum Gasteiger partial charge on any atom is -0.487 e. The number of aryl methyl sites for hydroxylation is 1. The van der Waals surface area contributed by atoms with Crippen LogP contribution in [0.3, 0.4) is 0 Å². The monoisotopic (exact) mass is 230 g/mol. The second-order valence-electron chi connectivity index (χ2n) is 3.67. The fourth-order valence-corrected chi connectivity index (χ4v) is 1.95. The Labute approximate surface area is 92.6 Å². The highest BCUT2D eigenvalue weighted by Gasteiger charge is 2.25. The zero-order valence-corrected chi connectivity index (χ0v) is 8.88. The third kappa shape index (κ3) is 2.24. The summed E-state index contributed by atoms with van der Waals surface area (Å²) in [6.45, 7) is 0. The molecule has 1 aliphatic heterocycles. The molecule has 0 radical (unpaired) electrons.